The van der Waals surface area contributed by atoms with Gasteiger partial charge in [-0.3, -0.25) is 4.79 Å². The lowest BCUT2D eigenvalue weighted by Gasteiger charge is -2.11. The van der Waals surface area contributed by atoms with Gasteiger partial charge in [0, 0.05) is 16.4 Å². The highest BCUT2D eigenvalue weighted by Crippen LogP contribution is 2.27. The number of hydrogen-bond donors (Lipinski definition) is 1. The molecule has 0 heterocycles. The van der Waals surface area contributed by atoms with Crippen molar-refractivity contribution in [1.29, 1.82) is 0 Å². The van der Waals surface area contributed by atoms with Gasteiger partial charge in [-0.25, -0.2) is 0 Å². The SMILES string of the molecule is CN(C)CCCSc1ccccc1NC(=O)C#Cc1ccccc1. The second-order valence-electron chi connectivity index (χ2n) is 5.57. The summed E-state index contributed by atoms with van der Waals surface area (Å²) in [6, 6.07) is 17.3. The Hall–Kier alpha value is -2.22. The van der Waals surface area contributed by atoms with E-state index in [2.05, 4.69) is 36.2 Å². The zero-order valence-electron chi connectivity index (χ0n) is 14.1. The lowest BCUT2D eigenvalue weighted by atomic mass is 10.2. The van der Waals surface area contributed by atoms with Crippen molar-refractivity contribution in [2.45, 2.75) is 11.3 Å². The Balaban J connectivity index is 1.94. The molecular formula is C20H22N2OS. The Labute approximate surface area is 148 Å². The maximum Gasteiger partial charge on any atom is 0.300 e. The summed E-state index contributed by atoms with van der Waals surface area (Å²) in [7, 11) is 4.15. The molecule has 0 aromatic heterocycles. The first-order valence-electron chi connectivity index (χ1n) is 7.90. The Morgan fingerprint density at radius 3 is 2.54 bits per heavy atom. The smallest absolute Gasteiger partial charge is 0.300 e. The van der Waals surface area contributed by atoms with Crippen molar-refractivity contribution >= 4 is 23.4 Å². The zero-order chi connectivity index (χ0) is 17.2. The molecule has 0 fully saturated rings. The molecule has 0 atom stereocenters. The van der Waals surface area contributed by atoms with Crippen LogP contribution in [0.4, 0.5) is 5.69 Å². The minimum atomic E-state index is -0.291. The summed E-state index contributed by atoms with van der Waals surface area (Å²) >= 11 is 1.76. The molecule has 0 spiro atoms. The molecule has 2 rings (SSSR count). The average Bonchev–Trinajstić information content (AvgIpc) is 2.59. The van der Waals surface area contributed by atoms with Crippen LogP contribution in [0.1, 0.15) is 12.0 Å². The summed E-state index contributed by atoms with van der Waals surface area (Å²) in [6.07, 6.45) is 1.10. The number of thioether (sulfide) groups is 1. The normalized spacial score (nSPS) is 10.1. The summed E-state index contributed by atoms with van der Waals surface area (Å²) in [5.41, 5.74) is 1.65. The van der Waals surface area contributed by atoms with Gasteiger partial charge in [0.1, 0.15) is 0 Å². The van der Waals surface area contributed by atoms with Crippen molar-refractivity contribution in [3.05, 3.63) is 60.2 Å². The van der Waals surface area contributed by atoms with Gasteiger partial charge in [0.25, 0.3) is 0 Å². The third-order valence-electron chi connectivity index (χ3n) is 3.24. The Kier molecular flexibility index (Phi) is 7.41. The van der Waals surface area contributed by atoms with Crippen LogP contribution in [0.15, 0.2) is 59.5 Å². The predicted octanol–water partition coefficient (Wildman–Crippen LogP) is 3.72. The lowest BCUT2D eigenvalue weighted by Crippen LogP contribution is -2.13. The molecule has 0 saturated heterocycles. The maximum absolute atomic E-state index is 12.1. The van der Waals surface area contributed by atoms with E-state index < -0.39 is 0 Å². The molecule has 4 heteroatoms. The molecule has 3 nitrogen and oxygen atoms in total. The fourth-order valence-electron chi connectivity index (χ4n) is 2.06. The van der Waals surface area contributed by atoms with Crippen LogP contribution >= 0.6 is 11.8 Å². The van der Waals surface area contributed by atoms with Crippen LogP contribution in [0, 0.1) is 11.8 Å². The Bertz CT molecular complexity index is 717. The van der Waals surface area contributed by atoms with Gasteiger partial charge < -0.3 is 10.2 Å². The molecule has 0 saturated carbocycles. The lowest BCUT2D eigenvalue weighted by molar-refractivity contribution is -0.111. The first kappa shape index (κ1) is 18.1. The van der Waals surface area contributed by atoms with E-state index in [1.807, 2.05) is 54.6 Å². The molecular weight excluding hydrogens is 316 g/mol. The Morgan fingerprint density at radius 1 is 1.08 bits per heavy atom. The molecule has 124 valence electrons. The van der Waals surface area contributed by atoms with Crippen LogP contribution in [0.2, 0.25) is 0 Å². The van der Waals surface area contributed by atoms with Crippen LogP contribution in [-0.4, -0.2) is 37.2 Å². The van der Waals surface area contributed by atoms with E-state index in [0.717, 1.165) is 34.9 Å². The third kappa shape index (κ3) is 6.49. The van der Waals surface area contributed by atoms with E-state index in [4.69, 9.17) is 0 Å². The number of nitrogens with one attached hydrogen (secondary N) is 1. The second-order valence-corrected chi connectivity index (χ2v) is 6.71. The highest BCUT2D eigenvalue weighted by atomic mass is 32.2. The molecule has 2 aromatic rings. The van der Waals surface area contributed by atoms with Crippen LogP contribution in [0.5, 0.6) is 0 Å². The molecule has 1 N–H and O–H groups in total. The van der Waals surface area contributed by atoms with E-state index in [1.54, 1.807) is 11.8 Å². The molecule has 1 amide bonds. The van der Waals surface area contributed by atoms with Crippen molar-refractivity contribution in [2.24, 2.45) is 0 Å². The van der Waals surface area contributed by atoms with Crippen molar-refractivity contribution in [3.8, 4) is 11.8 Å². The van der Waals surface area contributed by atoms with Gasteiger partial charge in [-0.15, -0.1) is 11.8 Å². The fourth-order valence-corrected chi connectivity index (χ4v) is 3.01. The third-order valence-corrected chi connectivity index (χ3v) is 4.40. The van der Waals surface area contributed by atoms with Crippen molar-refractivity contribution in [3.63, 3.8) is 0 Å². The van der Waals surface area contributed by atoms with Crippen LogP contribution < -0.4 is 5.32 Å². The first-order chi connectivity index (χ1) is 11.6. The highest BCUT2D eigenvalue weighted by Gasteiger charge is 2.05. The molecule has 0 radical (unpaired) electrons. The standard InChI is InChI=1S/C20H22N2OS/c1-22(2)15-8-16-24-19-12-7-6-11-18(19)21-20(23)14-13-17-9-4-3-5-10-17/h3-7,9-12H,8,15-16H2,1-2H3,(H,21,23). The maximum atomic E-state index is 12.1. The van der Waals surface area contributed by atoms with Crippen molar-refractivity contribution < 1.29 is 4.79 Å². The minimum Gasteiger partial charge on any atom is -0.314 e. The van der Waals surface area contributed by atoms with Crippen molar-refractivity contribution in [2.75, 3.05) is 31.7 Å². The van der Waals surface area contributed by atoms with Gasteiger partial charge >= 0.3 is 5.91 Å². The van der Waals surface area contributed by atoms with Gasteiger partial charge in [-0.1, -0.05) is 36.3 Å². The fraction of sp³-hybridized carbons (Fsp3) is 0.250. The molecule has 0 aliphatic carbocycles. The highest BCUT2D eigenvalue weighted by molar-refractivity contribution is 7.99. The number of anilines is 1. The number of benzene rings is 2. The molecule has 0 aliphatic rings. The number of carbonyl (C=O) groups is 1. The summed E-state index contributed by atoms with van der Waals surface area (Å²) in [4.78, 5) is 15.3. The average molecular weight is 338 g/mol. The molecule has 0 unspecified atom stereocenters. The van der Waals surface area contributed by atoms with Crippen LogP contribution in [0.3, 0.4) is 0 Å². The first-order valence-corrected chi connectivity index (χ1v) is 8.88. The monoisotopic (exact) mass is 338 g/mol. The van der Waals surface area contributed by atoms with E-state index in [1.165, 1.54) is 0 Å². The Morgan fingerprint density at radius 2 is 1.79 bits per heavy atom. The minimum absolute atomic E-state index is 0.291. The van der Waals surface area contributed by atoms with Gasteiger partial charge in [0.05, 0.1) is 5.69 Å². The summed E-state index contributed by atoms with van der Waals surface area (Å²) < 4.78 is 0. The van der Waals surface area contributed by atoms with E-state index >= 15 is 0 Å². The van der Waals surface area contributed by atoms with Crippen molar-refractivity contribution in [1.82, 2.24) is 4.90 Å². The summed E-state index contributed by atoms with van der Waals surface area (Å²) in [5, 5.41) is 2.89. The van der Waals surface area contributed by atoms with Crippen LogP contribution in [0.25, 0.3) is 0 Å². The van der Waals surface area contributed by atoms with Gasteiger partial charge in [-0.05, 0) is 57.1 Å². The van der Waals surface area contributed by atoms with E-state index in [-0.39, 0.29) is 5.91 Å². The summed E-state index contributed by atoms with van der Waals surface area (Å²) in [6.45, 7) is 1.06. The number of para-hydroxylation sites is 1. The topological polar surface area (TPSA) is 32.3 Å². The summed E-state index contributed by atoms with van der Waals surface area (Å²) in [5.74, 6) is 6.24. The number of nitrogens with zero attached hydrogens (tertiary/aromatic N) is 1. The zero-order valence-corrected chi connectivity index (χ0v) is 14.9. The molecule has 0 bridgehead atoms. The number of rotatable bonds is 6. The largest absolute Gasteiger partial charge is 0.314 e. The molecule has 24 heavy (non-hydrogen) atoms. The number of hydrogen-bond acceptors (Lipinski definition) is 3. The van der Waals surface area contributed by atoms with Crippen LogP contribution in [-0.2, 0) is 4.79 Å². The molecule has 0 aliphatic heterocycles. The van der Waals surface area contributed by atoms with Gasteiger partial charge in [-0.2, -0.15) is 0 Å². The second kappa shape index (κ2) is 9.82. The molecule has 2 aromatic carbocycles. The van der Waals surface area contributed by atoms with Gasteiger partial charge in [0.2, 0.25) is 0 Å². The predicted molar refractivity (Wildman–Crippen MR) is 102 cm³/mol. The van der Waals surface area contributed by atoms with E-state index in [0.29, 0.717) is 0 Å². The number of carbonyl (C=O) groups excluding carboxylic acids is 1. The number of amides is 1. The van der Waals surface area contributed by atoms with E-state index in [9.17, 15) is 4.79 Å². The van der Waals surface area contributed by atoms with Gasteiger partial charge in [0.15, 0.2) is 0 Å². The quantitative estimate of drug-likeness (QED) is 0.495.